The summed E-state index contributed by atoms with van der Waals surface area (Å²) in [6.07, 6.45) is 0.323. The minimum absolute atomic E-state index is 0.110. The first-order valence-corrected chi connectivity index (χ1v) is 11.0. The summed E-state index contributed by atoms with van der Waals surface area (Å²) < 4.78 is 38.5. The molecule has 0 amide bonds. The monoisotopic (exact) mass is 428 g/mol. The Bertz CT molecular complexity index is 1250. The van der Waals surface area contributed by atoms with E-state index in [9.17, 15) is 18.0 Å². The lowest BCUT2D eigenvalue weighted by Crippen LogP contribution is -2.48. The fraction of sp³-hybridized carbons (Fsp3) is 0.238. The zero-order valence-electron chi connectivity index (χ0n) is 16.4. The molecule has 0 aliphatic carbocycles. The molecular weight excluding hydrogens is 408 g/mol. The van der Waals surface area contributed by atoms with Gasteiger partial charge in [-0.3, -0.25) is 13.7 Å². The van der Waals surface area contributed by atoms with Crippen LogP contribution >= 0.6 is 0 Å². The fourth-order valence-electron chi connectivity index (χ4n) is 3.54. The van der Waals surface area contributed by atoms with Crippen LogP contribution in [0.5, 0.6) is 5.75 Å². The van der Waals surface area contributed by atoms with Gasteiger partial charge in [-0.25, -0.2) is 13.2 Å². The summed E-state index contributed by atoms with van der Waals surface area (Å²) in [6, 6.07) is 13.6. The van der Waals surface area contributed by atoms with Crippen molar-refractivity contribution in [1.29, 1.82) is 0 Å². The Kier molecular flexibility index (Phi) is 4.98. The molecule has 2 heterocycles. The van der Waals surface area contributed by atoms with Crippen molar-refractivity contribution >= 4 is 38.5 Å². The van der Waals surface area contributed by atoms with Gasteiger partial charge < -0.3 is 9.47 Å². The van der Waals surface area contributed by atoms with Gasteiger partial charge in [0.25, 0.3) is 5.91 Å². The number of benzene rings is 2. The molecule has 0 unspecified atom stereocenters. The predicted molar refractivity (Wildman–Crippen MR) is 112 cm³/mol. The van der Waals surface area contributed by atoms with Gasteiger partial charge in [0.1, 0.15) is 5.75 Å². The number of carbonyl (C=O) groups is 2. The Morgan fingerprint density at radius 3 is 2.57 bits per heavy atom. The molecule has 156 valence electrons. The number of carbonyl (C=O) groups excluding carboxylic acids is 2. The number of fused-ring (bicyclic) bond motifs is 2. The molecule has 4 rings (SSSR count). The number of anilines is 1. The quantitative estimate of drug-likeness (QED) is 0.593. The third kappa shape index (κ3) is 3.21. The van der Waals surface area contributed by atoms with Crippen molar-refractivity contribution in [3.05, 3.63) is 60.3 Å². The number of methoxy groups -OCH3 is 1. The van der Waals surface area contributed by atoms with Crippen LogP contribution in [0.25, 0.3) is 10.9 Å². The van der Waals surface area contributed by atoms with Crippen LogP contribution in [0.2, 0.25) is 0 Å². The molecule has 0 radical (unpaired) electrons. The predicted octanol–water partition coefficient (Wildman–Crippen LogP) is 2.69. The molecule has 0 bridgehead atoms. The lowest BCUT2D eigenvalue weighted by Gasteiger charge is -2.34. The van der Waals surface area contributed by atoms with E-state index < -0.39 is 28.0 Å². The normalized spacial score (nSPS) is 16.1. The Hall–Kier alpha value is -3.33. The maximum atomic E-state index is 13.4. The highest BCUT2D eigenvalue weighted by molar-refractivity contribution is 7.92. The van der Waals surface area contributed by atoms with Crippen LogP contribution in [0.1, 0.15) is 22.1 Å². The lowest BCUT2D eigenvalue weighted by atomic mass is 10.2. The van der Waals surface area contributed by atoms with Gasteiger partial charge in [-0.2, -0.15) is 0 Å². The molecule has 0 spiro atoms. The number of nitrogens with zero attached hydrogens (tertiary/aromatic N) is 2. The van der Waals surface area contributed by atoms with Crippen LogP contribution in [0.4, 0.5) is 5.69 Å². The number of ether oxygens (including phenoxy) is 2. The molecule has 1 atom stereocenters. The zero-order chi connectivity index (χ0) is 21.5. The summed E-state index contributed by atoms with van der Waals surface area (Å²) in [5, 5.41) is 0.562. The number of rotatable bonds is 4. The Morgan fingerprint density at radius 2 is 1.83 bits per heavy atom. The van der Waals surface area contributed by atoms with Crippen molar-refractivity contribution in [2.45, 2.75) is 13.0 Å². The summed E-state index contributed by atoms with van der Waals surface area (Å²) in [7, 11) is -2.35. The van der Waals surface area contributed by atoms with Gasteiger partial charge in [-0.1, -0.05) is 30.3 Å². The third-order valence-corrected chi connectivity index (χ3v) is 6.81. The molecule has 0 saturated carbocycles. The second kappa shape index (κ2) is 7.49. The first-order valence-electron chi connectivity index (χ1n) is 9.36. The van der Waals surface area contributed by atoms with Gasteiger partial charge in [0.15, 0.2) is 6.10 Å². The molecule has 1 aliphatic rings. The molecule has 0 saturated heterocycles. The number of hydrogen-bond donors (Lipinski definition) is 0. The van der Waals surface area contributed by atoms with E-state index in [0.29, 0.717) is 22.3 Å². The van der Waals surface area contributed by atoms with Crippen LogP contribution in [-0.4, -0.2) is 50.4 Å². The van der Waals surface area contributed by atoms with Crippen molar-refractivity contribution < 1.29 is 27.5 Å². The summed E-state index contributed by atoms with van der Waals surface area (Å²) >= 11 is 0. The maximum Gasteiger partial charge on any atom is 0.340 e. The SMILES string of the molecule is CCS(=O)(=O)N1C[C@@H](C(=O)n2cc(C(=O)OC)c3ccccc32)Oc2ccccc21. The molecule has 3 aromatic rings. The highest BCUT2D eigenvalue weighted by Crippen LogP contribution is 2.35. The highest BCUT2D eigenvalue weighted by atomic mass is 32.2. The van der Waals surface area contributed by atoms with Crippen molar-refractivity contribution in [1.82, 2.24) is 4.57 Å². The summed E-state index contributed by atoms with van der Waals surface area (Å²) in [5.41, 5.74) is 1.15. The minimum atomic E-state index is -3.62. The summed E-state index contributed by atoms with van der Waals surface area (Å²) in [6.45, 7) is 1.39. The van der Waals surface area contributed by atoms with E-state index in [2.05, 4.69) is 0 Å². The van der Waals surface area contributed by atoms with Gasteiger partial charge in [-0.15, -0.1) is 0 Å². The lowest BCUT2D eigenvalue weighted by molar-refractivity contribution is 0.0602. The second-order valence-electron chi connectivity index (χ2n) is 6.77. The van der Waals surface area contributed by atoms with Gasteiger partial charge in [-0.05, 0) is 25.1 Å². The Labute approximate surface area is 173 Å². The van der Waals surface area contributed by atoms with Crippen molar-refractivity contribution in [3.8, 4) is 5.75 Å². The van der Waals surface area contributed by atoms with E-state index in [1.165, 1.54) is 22.2 Å². The van der Waals surface area contributed by atoms with Crippen molar-refractivity contribution in [2.75, 3.05) is 23.7 Å². The molecule has 9 heteroatoms. The van der Waals surface area contributed by atoms with E-state index in [4.69, 9.17) is 9.47 Å². The molecule has 0 N–H and O–H groups in total. The number of esters is 1. The van der Waals surface area contributed by atoms with Gasteiger partial charge in [0, 0.05) is 11.6 Å². The molecule has 8 nitrogen and oxygen atoms in total. The van der Waals surface area contributed by atoms with Crippen LogP contribution in [-0.2, 0) is 14.8 Å². The second-order valence-corrected chi connectivity index (χ2v) is 8.95. The topological polar surface area (TPSA) is 94.9 Å². The van der Waals surface area contributed by atoms with E-state index in [-0.39, 0.29) is 17.9 Å². The minimum Gasteiger partial charge on any atom is -0.476 e. The van der Waals surface area contributed by atoms with Crippen LogP contribution in [0, 0.1) is 0 Å². The van der Waals surface area contributed by atoms with Crippen molar-refractivity contribution in [2.24, 2.45) is 0 Å². The van der Waals surface area contributed by atoms with Crippen LogP contribution in [0.15, 0.2) is 54.7 Å². The third-order valence-electron chi connectivity index (χ3n) is 5.07. The maximum absolute atomic E-state index is 13.4. The first-order chi connectivity index (χ1) is 14.4. The van der Waals surface area contributed by atoms with Crippen LogP contribution in [0.3, 0.4) is 0 Å². The average Bonchev–Trinajstić information content (AvgIpc) is 3.17. The largest absolute Gasteiger partial charge is 0.476 e. The number of sulfonamides is 1. The smallest absolute Gasteiger partial charge is 0.340 e. The van der Waals surface area contributed by atoms with Gasteiger partial charge >= 0.3 is 5.97 Å². The standard InChI is InChI=1S/C21H20N2O6S/c1-3-30(26,27)23-13-19(29-18-11-7-6-10-17(18)23)20(24)22-12-15(21(25)28-2)14-8-4-5-9-16(14)22/h4-12,19H,3,13H2,1-2H3/t19-/m0/s1. The number of para-hydroxylation sites is 3. The average molecular weight is 428 g/mol. The molecule has 30 heavy (non-hydrogen) atoms. The Balaban J connectivity index is 1.79. The number of hydrogen-bond acceptors (Lipinski definition) is 6. The molecule has 0 fully saturated rings. The van der Waals surface area contributed by atoms with Crippen molar-refractivity contribution in [3.63, 3.8) is 0 Å². The number of aromatic nitrogens is 1. The fourth-order valence-corrected chi connectivity index (χ4v) is 4.66. The molecule has 2 aromatic carbocycles. The first kappa shape index (κ1) is 20.0. The summed E-state index contributed by atoms with van der Waals surface area (Å²) in [5.74, 6) is -0.847. The summed E-state index contributed by atoms with van der Waals surface area (Å²) in [4.78, 5) is 25.5. The highest BCUT2D eigenvalue weighted by Gasteiger charge is 2.37. The van der Waals surface area contributed by atoms with E-state index in [1.807, 2.05) is 0 Å². The molecular formula is C21H20N2O6S. The van der Waals surface area contributed by atoms with Gasteiger partial charge in [0.05, 0.1) is 36.2 Å². The van der Waals surface area contributed by atoms with Crippen LogP contribution < -0.4 is 9.04 Å². The zero-order valence-corrected chi connectivity index (χ0v) is 17.3. The molecule has 1 aliphatic heterocycles. The van der Waals surface area contributed by atoms with E-state index in [0.717, 1.165) is 0 Å². The van der Waals surface area contributed by atoms with E-state index >= 15 is 0 Å². The Morgan fingerprint density at radius 1 is 1.13 bits per heavy atom. The van der Waals surface area contributed by atoms with Gasteiger partial charge in [0.2, 0.25) is 10.0 Å². The molecule has 1 aromatic heterocycles. The van der Waals surface area contributed by atoms with E-state index in [1.54, 1.807) is 55.5 Å².